The predicted molar refractivity (Wildman–Crippen MR) is 113 cm³/mol. The number of rotatable bonds is 7. The van der Waals surface area contributed by atoms with Gasteiger partial charge in [0.15, 0.2) is 0 Å². The molecule has 1 fully saturated rings. The standard InChI is InChI=1S/C23H25N3O4/c27-21(28)16-26-15-19(18-8-4-5-9-20(18)26)22(23(29)30)25-12-10-24(11-13-25)14-17-6-2-1-3-7-17/h1-9,15,22H,10-14,16H2,(H,27,28)(H,29,30). The summed E-state index contributed by atoms with van der Waals surface area (Å²) in [6.45, 7) is 3.51. The molecule has 1 aliphatic rings. The molecular weight excluding hydrogens is 382 g/mol. The van der Waals surface area contributed by atoms with Crippen LogP contribution < -0.4 is 0 Å². The number of carbonyl (C=O) groups is 2. The second-order valence-electron chi connectivity index (χ2n) is 7.66. The van der Waals surface area contributed by atoms with Gasteiger partial charge in [-0.1, -0.05) is 48.5 Å². The van der Waals surface area contributed by atoms with Crippen LogP contribution in [0.1, 0.15) is 17.2 Å². The van der Waals surface area contributed by atoms with E-state index < -0.39 is 18.0 Å². The van der Waals surface area contributed by atoms with Gasteiger partial charge in [-0.25, -0.2) is 0 Å². The highest BCUT2D eigenvalue weighted by Gasteiger charge is 2.32. The summed E-state index contributed by atoms with van der Waals surface area (Å²) in [5.74, 6) is -1.87. The minimum Gasteiger partial charge on any atom is -0.480 e. The quantitative estimate of drug-likeness (QED) is 0.626. The molecule has 1 unspecified atom stereocenters. The smallest absolute Gasteiger partial charge is 0.325 e. The second-order valence-corrected chi connectivity index (χ2v) is 7.66. The van der Waals surface area contributed by atoms with Crippen LogP contribution in [-0.2, 0) is 22.7 Å². The van der Waals surface area contributed by atoms with Gasteiger partial charge >= 0.3 is 11.9 Å². The first-order valence-electron chi connectivity index (χ1n) is 10.1. The minimum absolute atomic E-state index is 0.197. The number of piperazine rings is 1. The molecule has 0 radical (unpaired) electrons. The van der Waals surface area contributed by atoms with Crippen LogP contribution in [0.25, 0.3) is 10.9 Å². The van der Waals surface area contributed by atoms with Crippen LogP contribution in [0.3, 0.4) is 0 Å². The van der Waals surface area contributed by atoms with Crippen molar-refractivity contribution in [3.63, 3.8) is 0 Å². The Morgan fingerprint density at radius 1 is 0.900 bits per heavy atom. The minimum atomic E-state index is -0.955. The normalized spacial score (nSPS) is 16.5. The predicted octanol–water partition coefficient (Wildman–Crippen LogP) is 2.67. The van der Waals surface area contributed by atoms with Crippen molar-refractivity contribution in [1.82, 2.24) is 14.4 Å². The van der Waals surface area contributed by atoms with E-state index in [0.29, 0.717) is 18.7 Å². The van der Waals surface area contributed by atoms with E-state index in [2.05, 4.69) is 17.0 Å². The summed E-state index contributed by atoms with van der Waals surface area (Å²) in [6.07, 6.45) is 1.69. The van der Waals surface area contributed by atoms with Gasteiger partial charge in [0.1, 0.15) is 12.6 Å². The van der Waals surface area contributed by atoms with Crippen LogP contribution in [0.5, 0.6) is 0 Å². The lowest BCUT2D eigenvalue weighted by Gasteiger charge is -2.37. The van der Waals surface area contributed by atoms with Gasteiger partial charge in [-0.2, -0.15) is 0 Å². The van der Waals surface area contributed by atoms with Crippen LogP contribution in [-0.4, -0.2) is 62.7 Å². The average molecular weight is 407 g/mol. The SMILES string of the molecule is O=C(O)Cn1cc(C(C(=O)O)N2CCN(Cc3ccccc3)CC2)c2ccccc21. The summed E-state index contributed by atoms with van der Waals surface area (Å²) < 4.78 is 1.62. The molecule has 30 heavy (non-hydrogen) atoms. The van der Waals surface area contributed by atoms with Gasteiger partial charge in [0, 0.05) is 55.4 Å². The number of fused-ring (bicyclic) bond motifs is 1. The number of benzene rings is 2. The molecule has 1 saturated heterocycles. The highest BCUT2D eigenvalue weighted by molar-refractivity contribution is 5.90. The lowest BCUT2D eigenvalue weighted by Crippen LogP contribution is -2.48. The van der Waals surface area contributed by atoms with E-state index in [9.17, 15) is 19.8 Å². The van der Waals surface area contributed by atoms with Crippen LogP contribution in [0.4, 0.5) is 0 Å². The summed E-state index contributed by atoms with van der Waals surface area (Å²) in [5.41, 5.74) is 2.64. The molecule has 0 amide bonds. The summed E-state index contributed by atoms with van der Waals surface area (Å²) in [6, 6.07) is 16.8. The zero-order chi connectivity index (χ0) is 21.1. The number of para-hydroxylation sites is 1. The molecule has 156 valence electrons. The summed E-state index contributed by atoms with van der Waals surface area (Å²) in [7, 11) is 0. The largest absolute Gasteiger partial charge is 0.480 e. The third-order valence-electron chi connectivity index (χ3n) is 5.67. The fraction of sp³-hybridized carbons (Fsp3) is 0.304. The molecule has 0 spiro atoms. The monoisotopic (exact) mass is 407 g/mol. The van der Waals surface area contributed by atoms with Crippen molar-refractivity contribution in [1.29, 1.82) is 0 Å². The van der Waals surface area contributed by atoms with Gasteiger partial charge in [-0.05, 0) is 11.6 Å². The van der Waals surface area contributed by atoms with Crippen LogP contribution in [0, 0.1) is 0 Å². The molecule has 1 aliphatic heterocycles. The number of carboxylic acid groups (broad SMARTS) is 2. The summed E-state index contributed by atoms with van der Waals surface area (Å²) >= 11 is 0. The molecule has 1 atom stereocenters. The van der Waals surface area contributed by atoms with Gasteiger partial charge in [-0.3, -0.25) is 19.4 Å². The maximum atomic E-state index is 12.3. The van der Waals surface area contributed by atoms with E-state index in [-0.39, 0.29) is 6.54 Å². The first-order chi connectivity index (χ1) is 14.5. The Morgan fingerprint density at radius 3 is 2.23 bits per heavy atom. The number of nitrogens with zero attached hydrogens (tertiary/aromatic N) is 3. The van der Waals surface area contributed by atoms with Crippen molar-refractivity contribution in [3.8, 4) is 0 Å². The highest BCUT2D eigenvalue weighted by atomic mass is 16.4. The van der Waals surface area contributed by atoms with Gasteiger partial charge in [0.25, 0.3) is 0 Å². The average Bonchev–Trinajstić information content (AvgIpc) is 3.08. The fourth-order valence-corrected chi connectivity index (χ4v) is 4.28. The van der Waals surface area contributed by atoms with Gasteiger partial charge in [0.2, 0.25) is 0 Å². The van der Waals surface area contributed by atoms with E-state index in [1.165, 1.54) is 5.56 Å². The molecule has 7 heteroatoms. The molecule has 2 aromatic carbocycles. The molecule has 0 bridgehead atoms. The van der Waals surface area contributed by atoms with Crippen molar-refractivity contribution in [2.75, 3.05) is 26.2 Å². The number of hydrogen-bond acceptors (Lipinski definition) is 4. The maximum Gasteiger partial charge on any atom is 0.325 e. The Morgan fingerprint density at radius 2 is 1.57 bits per heavy atom. The molecule has 2 N–H and O–H groups in total. The Labute approximate surface area is 174 Å². The maximum absolute atomic E-state index is 12.3. The van der Waals surface area contributed by atoms with Crippen molar-refractivity contribution < 1.29 is 19.8 Å². The molecule has 2 heterocycles. The Kier molecular flexibility index (Phi) is 5.83. The van der Waals surface area contributed by atoms with Crippen molar-refractivity contribution >= 4 is 22.8 Å². The van der Waals surface area contributed by atoms with Gasteiger partial charge in [-0.15, -0.1) is 0 Å². The first-order valence-corrected chi connectivity index (χ1v) is 10.1. The third kappa shape index (κ3) is 4.22. The number of aromatic nitrogens is 1. The van der Waals surface area contributed by atoms with E-state index in [1.54, 1.807) is 10.8 Å². The number of hydrogen-bond donors (Lipinski definition) is 2. The zero-order valence-electron chi connectivity index (χ0n) is 16.6. The topological polar surface area (TPSA) is 86.0 Å². The van der Waals surface area contributed by atoms with Crippen molar-refractivity contribution in [3.05, 3.63) is 71.9 Å². The number of aliphatic carboxylic acids is 2. The number of carboxylic acids is 2. The summed E-state index contributed by atoms with van der Waals surface area (Å²) in [5, 5.41) is 20.1. The molecule has 0 saturated carbocycles. The molecule has 4 rings (SSSR count). The van der Waals surface area contributed by atoms with Crippen LogP contribution in [0.15, 0.2) is 60.8 Å². The van der Waals surface area contributed by atoms with E-state index in [0.717, 1.165) is 30.5 Å². The van der Waals surface area contributed by atoms with Crippen LogP contribution >= 0.6 is 0 Å². The lowest BCUT2D eigenvalue weighted by molar-refractivity contribution is -0.144. The molecule has 7 nitrogen and oxygen atoms in total. The third-order valence-corrected chi connectivity index (χ3v) is 5.67. The molecule has 1 aromatic heterocycles. The summed E-state index contributed by atoms with van der Waals surface area (Å²) in [4.78, 5) is 27.8. The van der Waals surface area contributed by atoms with Crippen molar-refractivity contribution in [2.45, 2.75) is 19.1 Å². The second kappa shape index (κ2) is 8.69. The Balaban J connectivity index is 1.55. The van der Waals surface area contributed by atoms with Crippen LogP contribution in [0.2, 0.25) is 0 Å². The molecule has 0 aliphatic carbocycles. The zero-order valence-corrected chi connectivity index (χ0v) is 16.6. The first kappa shape index (κ1) is 20.1. The van der Waals surface area contributed by atoms with E-state index in [4.69, 9.17) is 0 Å². The van der Waals surface area contributed by atoms with E-state index in [1.807, 2.05) is 47.4 Å². The van der Waals surface area contributed by atoms with E-state index >= 15 is 0 Å². The lowest BCUT2D eigenvalue weighted by atomic mass is 10.0. The van der Waals surface area contributed by atoms with Gasteiger partial charge in [0.05, 0.1) is 0 Å². The Hall–Kier alpha value is -3.16. The molecule has 3 aromatic rings. The molecular formula is C23H25N3O4. The fourth-order valence-electron chi connectivity index (χ4n) is 4.28. The Bertz CT molecular complexity index is 1040. The van der Waals surface area contributed by atoms with Gasteiger partial charge < -0.3 is 14.8 Å². The van der Waals surface area contributed by atoms with Crippen molar-refractivity contribution in [2.24, 2.45) is 0 Å². The highest BCUT2D eigenvalue weighted by Crippen LogP contribution is 2.31.